The van der Waals surface area contributed by atoms with Crippen LogP contribution in [0.15, 0.2) is 82.6 Å². The summed E-state index contributed by atoms with van der Waals surface area (Å²) in [7, 11) is -8.07. The zero-order valence-electron chi connectivity index (χ0n) is 16.6. The fourth-order valence-corrected chi connectivity index (χ4v) is 5.01. The summed E-state index contributed by atoms with van der Waals surface area (Å²) in [5.74, 6) is -2.06. The molecule has 11 heteroatoms. The van der Waals surface area contributed by atoms with Gasteiger partial charge in [0, 0.05) is 5.69 Å². The highest BCUT2D eigenvalue weighted by Crippen LogP contribution is 2.21. The maximum absolute atomic E-state index is 13.3. The second-order valence-electron chi connectivity index (χ2n) is 6.77. The molecule has 1 atom stereocenters. The van der Waals surface area contributed by atoms with Gasteiger partial charge in [-0.3, -0.25) is 9.52 Å². The van der Waals surface area contributed by atoms with Gasteiger partial charge in [-0.25, -0.2) is 25.6 Å². The Balaban J connectivity index is 1.72. The van der Waals surface area contributed by atoms with E-state index in [0.29, 0.717) is 0 Å². The molecule has 168 valence electrons. The van der Waals surface area contributed by atoms with Gasteiger partial charge in [-0.15, -0.1) is 0 Å². The van der Waals surface area contributed by atoms with E-state index in [-0.39, 0.29) is 21.2 Å². The molecule has 0 saturated heterocycles. The third kappa shape index (κ3) is 5.29. The normalized spacial score (nSPS) is 12.7. The van der Waals surface area contributed by atoms with Crippen molar-refractivity contribution in [2.45, 2.75) is 22.0 Å². The average Bonchev–Trinajstić information content (AvgIpc) is 2.73. The van der Waals surface area contributed by atoms with Crippen LogP contribution in [0.2, 0.25) is 0 Å². The van der Waals surface area contributed by atoms with Gasteiger partial charge in [-0.2, -0.15) is 0 Å². The molecule has 0 aliphatic heterocycles. The van der Waals surface area contributed by atoms with Gasteiger partial charge in [0.2, 0.25) is 5.91 Å². The first-order valence-electron chi connectivity index (χ1n) is 9.18. The molecule has 0 bridgehead atoms. The van der Waals surface area contributed by atoms with Crippen LogP contribution in [-0.2, 0) is 24.7 Å². The summed E-state index contributed by atoms with van der Waals surface area (Å²) in [6.45, 7) is 1.19. The number of amides is 1. The molecule has 0 aliphatic rings. The van der Waals surface area contributed by atoms with Crippen molar-refractivity contribution in [1.29, 1.82) is 0 Å². The van der Waals surface area contributed by atoms with E-state index in [4.69, 9.17) is 0 Å². The number of hydrogen-bond acceptors (Lipinski definition) is 5. The predicted octanol–water partition coefficient (Wildman–Crippen LogP) is 3.57. The summed E-state index contributed by atoms with van der Waals surface area (Å²) in [6, 6.07) is 14.0. The Morgan fingerprint density at radius 2 is 1.38 bits per heavy atom. The number of carbonyl (C=O) groups is 1. The van der Waals surface area contributed by atoms with Crippen molar-refractivity contribution in [2.75, 3.05) is 10.0 Å². The van der Waals surface area contributed by atoms with E-state index in [2.05, 4.69) is 10.0 Å². The van der Waals surface area contributed by atoms with Gasteiger partial charge < -0.3 is 5.32 Å². The van der Waals surface area contributed by atoms with Crippen molar-refractivity contribution in [3.63, 3.8) is 0 Å². The number of carbonyl (C=O) groups excluding carboxylic acids is 1. The van der Waals surface area contributed by atoms with Crippen molar-refractivity contribution in [3.8, 4) is 0 Å². The van der Waals surface area contributed by atoms with Crippen LogP contribution in [0.25, 0.3) is 0 Å². The SMILES string of the molecule is CC(C(=O)Nc1ccc(S(=O)(=O)Nc2cccc(F)c2)cc1)S(=O)(=O)c1ccc(F)cc1. The highest BCUT2D eigenvalue weighted by Gasteiger charge is 2.30. The molecule has 1 unspecified atom stereocenters. The Labute approximate surface area is 184 Å². The number of sulfone groups is 1. The minimum Gasteiger partial charge on any atom is -0.325 e. The van der Waals surface area contributed by atoms with Crippen LogP contribution in [0.1, 0.15) is 6.92 Å². The third-order valence-electron chi connectivity index (χ3n) is 4.49. The van der Waals surface area contributed by atoms with Crippen LogP contribution in [0.3, 0.4) is 0 Å². The standard InChI is InChI=1S/C21H18F2N2O5S2/c1-14(31(27,28)19-9-5-15(22)6-10-19)21(26)24-17-7-11-20(12-8-17)32(29,30)25-18-4-2-3-16(23)13-18/h2-14,25H,1H3,(H,24,26). The average molecular weight is 481 g/mol. The molecule has 0 aliphatic carbocycles. The van der Waals surface area contributed by atoms with Gasteiger partial charge >= 0.3 is 0 Å². The molecule has 1 amide bonds. The first kappa shape index (κ1) is 23.4. The highest BCUT2D eigenvalue weighted by atomic mass is 32.2. The van der Waals surface area contributed by atoms with Crippen molar-refractivity contribution in [3.05, 3.63) is 84.4 Å². The number of sulfonamides is 1. The molecule has 3 aromatic carbocycles. The maximum Gasteiger partial charge on any atom is 0.261 e. The molecule has 3 aromatic rings. The number of benzene rings is 3. The van der Waals surface area contributed by atoms with Gasteiger partial charge in [-0.05, 0) is 73.7 Å². The second kappa shape index (κ2) is 9.05. The Bertz CT molecular complexity index is 1340. The zero-order chi connectivity index (χ0) is 23.5. The first-order valence-corrected chi connectivity index (χ1v) is 12.2. The minimum absolute atomic E-state index is 0.0437. The quantitative estimate of drug-likeness (QED) is 0.503. The van der Waals surface area contributed by atoms with Crippen LogP contribution in [0.4, 0.5) is 20.2 Å². The summed E-state index contributed by atoms with van der Waals surface area (Å²) in [4.78, 5) is 12.1. The number of halogens is 2. The van der Waals surface area contributed by atoms with Crippen LogP contribution in [0.5, 0.6) is 0 Å². The molecule has 2 N–H and O–H groups in total. The van der Waals surface area contributed by atoms with Gasteiger partial charge in [0.05, 0.1) is 15.5 Å². The van der Waals surface area contributed by atoms with E-state index in [1.54, 1.807) is 0 Å². The second-order valence-corrected chi connectivity index (χ2v) is 10.7. The summed E-state index contributed by atoms with van der Waals surface area (Å²) >= 11 is 0. The zero-order valence-corrected chi connectivity index (χ0v) is 18.3. The van der Waals surface area contributed by atoms with Crippen LogP contribution >= 0.6 is 0 Å². The lowest BCUT2D eigenvalue weighted by Gasteiger charge is -2.14. The lowest BCUT2D eigenvalue weighted by molar-refractivity contribution is -0.115. The van der Waals surface area contributed by atoms with E-state index >= 15 is 0 Å². The van der Waals surface area contributed by atoms with E-state index in [1.807, 2.05) is 0 Å². The van der Waals surface area contributed by atoms with Gasteiger partial charge in [0.25, 0.3) is 10.0 Å². The lowest BCUT2D eigenvalue weighted by Crippen LogP contribution is -2.32. The van der Waals surface area contributed by atoms with E-state index < -0.39 is 42.7 Å². The molecule has 0 heterocycles. The largest absolute Gasteiger partial charge is 0.325 e. The van der Waals surface area contributed by atoms with Gasteiger partial charge in [0.1, 0.15) is 16.9 Å². The molecule has 32 heavy (non-hydrogen) atoms. The monoisotopic (exact) mass is 480 g/mol. The molecule has 7 nitrogen and oxygen atoms in total. The summed E-state index contributed by atoms with van der Waals surface area (Å²) < 4.78 is 78.5. The van der Waals surface area contributed by atoms with Crippen molar-refractivity contribution in [1.82, 2.24) is 0 Å². The fourth-order valence-electron chi connectivity index (χ4n) is 2.70. The van der Waals surface area contributed by atoms with E-state index in [0.717, 1.165) is 30.3 Å². The maximum atomic E-state index is 13.3. The van der Waals surface area contributed by atoms with Crippen molar-refractivity contribution in [2.24, 2.45) is 0 Å². The van der Waals surface area contributed by atoms with Crippen molar-refractivity contribution >= 4 is 37.1 Å². The highest BCUT2D eigenvalue weighted by molar-refractivity contribution is 7.93. The van der Waals surface area contributed by atoms with Gasteiger partial charge in [0.15, 0.2) is 9.84 Å². The number of hydrogen-bond donors (Lipinski definition) is 2. The Morgan fingerprint density at radius 3 is 1.97 bits per heavy atom. The molecule has 0 radical (unpaired) electrons. The minimum atomic E-state index is -4.06. The Morgan fingerprint density at radius 1 is 0.781 bits per heavy atom. The van der Waals surface area contributed by atoms with Gasteiger partial charge in [-0.1, -0.05) is 6.07 Å². The first-order chi connectivity index (χ1) is 15.0. The molecule has 0 aromatic heterocycles. The van der Waals surface area contributed by atoms with Crippen LogP contribution < -0.4 is 10.0 Å². The topological polar surface area (TPSA) is 109 Å². The van der Waals surface area contributed by atoms with Crippen molar-refractivity contribution < 1.29 is 30.4 Å². The van der Waals surface area contributed by atoms with Crippen LogP contribution in [0, 0.1) is 11.6 Å². The summed E-state index contributed by atoms with van der Waals surface area (Å²) in [6.07, 6.45) is 0. The molecule has 3 rings (SSSR count). The fraction of sp³-hybridized carbons (Fsp3) is 0.0952. The van der Waals surface area contributed by atoms with E-state index in [9.17, 15) is 30.4 Å². The number of anilines is 2. The molecular formula is C21H18F2N2O5S2. The Hall–Kier alpha value is -3.31. The van der Waals surface area contributed by atoms with E-state index in [1.165, 1.54) is 49.4 Å². The molecule has 0 spiro atoms. The number of rotatable bonds is 7. The molecule has 0 saturated carbocycles. The summed E-state index contributed by atoms with van der Waals surface area (Å²) in [5, 5.41) is 0.927. The third-order valence-corrected chi connectivity index (χ3v) is 7.96. The molecular weight excluding hydrogens is 462 g/mol. The molecule has 0 fully saturated rings. The lowest BCUT2D eigenvalue weighted by atomic mass is 10.3. The van der Waals surface area contributed by atoms with Crippen LogP contribution in [-0.4, -0.2) is 28.0 Å². The predicted molar refractivity (Wildman–Crippen MR) is 115 cm³/mol. The smallest absolute Gasteiger partial charge is 0.261 e. The number of nitrogens with one attached hydrogen (secondary N) is 2. The Kier molecular flexibility index (Phi) is 6.60. The summed E-state index contributed by atoms with van der Waals surface area (Å²) in [5.41, 5.74) is 0.211.